The van der Waals surface area contributed by atoms with Crippen LogP contribution in [0.25, 0.3) is 11.4 Å². The molecule has 1 radical (unpaired) electrons. The second-order valence-corrected chi connectivity index (χ2v) is 3.24. The van der Waals surface area contributed by atoms with Crippen molar-refractivity contribution >= 4 is 0 Å². The van der Waals surface area contributed by atoms with Crippen LogP contribution in [0.5, 0.6) is 0 Å². The van der Waals surface area contributed by atoms with Crippen LogP contribution < -0.4 is 0 Å². The normalized spacial score (nSPS) is 9.73. The molecule has 0 saturated carbocycles. The van der Waals surface area contributed by atoms with E-state index in [2.05, 4.69) is 23.0 Å². The standard InChI is InChI=1S/C11H12N3.Y/c1-3-9-4-5-10(12-6-9)11-7-14(2)8-13-11;/h5-8H,3H2,1-2H3;/q-1;. The fourth-order valence-corrected chi connectivity index (χ4v) is 1.26. The second kappa shape index (κ2) is 5.52. The van der Waals surface area contributed by atoms with Gasteiger partial charge in [-0.05, 0) is 5.69 Å². The smallest absolute Gasteiger partial charge is 0.0938 e. The maximum atomic E-state index is 4.33. The predicted molar refractivity (Wildman–Crippen MR) is 54.7 cm³/mol. The summed E-state index contributed by atoms with van der Waals surface area (Å²) in [6.45, 7) is 2.09. The molecular weight excluding hydrogens is 263 g/mol. The largest absolute Gasteiger partial charge is 0.381 e. The van der Waals surface area contributed by atoms with E-state index in [1.807, 2.05) is 30.1 Å². The Balaban J connectivity index is 0.00000112. The molecule has 15 heavy (non-hydrogen) atoms. The molecule has 0 aromatic carbocycles. The van der Waals surface area contributed by atoms with E-state index >= 15 is 0 Å². The molecule has 2 rings (SSSR count). The molecule has 0 atom stereocenters. The molecule has 0 unspecified atom stereocenters. The van der Waals surface area contributed by atoms with Crippen LogP contribution in [-0.2, 0) is 46.2 Å². The number of aryl methyl sites for hydroxylation is 2. The molecule has 3 nitrogen and oxygen atoms in total. The molecule has 0 aliphatic rings. The molecule has 0 aliphatic carbocycles. The summed E-state index contributed by atoms with van der Waals surface area (Å²) < 4.78 is 1.91. The number of imidazole rings is 1. The SMILES string of the molecule is CCc1[c-]cc(-c2cn(C)cn2)nc1.[Y]. The molecule has 4 heteroatoms. The average Bonchev–Trinajstić information content (AvgIpc) is 2.65. The minimum absolute atomic E-state index is 0. The summed E-state index contributed by atoms with van der Waals surface area (Å²) in [5, 5.41) is 0. The first kappa shape index (κ1) is 12.5. The first-order valence-electron chi connectivity index (χ1n) is 4.64. The summed E-state index contributed by atoms with van der Waals surface area (Å²) in [7, 11) is 1.95. The van der Waals surface area contributed by atoms with E-state index in [-0.39, 0.29) is 32.7 Å². The van der Waals surface area contributed by atoms with Gasteiger partial charge >= 0.3 is 0 Å². The molecule has 0 N–H and O–H groups in total. The van der Waals surface area contributed by atoms with Gasteiger partial charge in [-0.1, -0.05) is 19.5 Å². The zero-order chi connectivity index (χ0) is 9.97. The summed E-state index contributed by atoms with van der Waals surface area (Å²) in [4.78, 5) is 8.55. The summed E-state index contributed by atoms with van der Waals surface area (Å²) in [6, 6.07) is 5.07. The monoisotopic (exact) mass is 275 g/mol. The summed E-state index contributed by atoms with van der Waals surface area (Å²) in [6.07, 6.45) is 6.53. The summed E-state index contributed by atoms with van der Waals surface area (Å²) in [5.41, 5.74) is 2.90. The van der Waals surface area contributed by atoms with Crippen molar-refractivity contribution in [3.8, 4) is 11.4 Å². The fraction of sp³-hybridized carbons (Fsp3) is 0.273. The molecule has 2 aromatic rings. The molecule has 0 amide bonds. The summed E-state index contributed by atoms with van der Waals surface area (Å²) >= 11 is 0. The van der Waals surface area contributed by atoms with Crippen molar-refractivity contribution in [1.82, 2.24) is 14.5 Å². The van der Waals surface area contributed by atoms with Crippen molar-refractivity contribution in [2.45, 2.75) is 13.3 Å². The number of rotatable bonds is 2. The van der Waals surface area contributed by atoms with Gasteiger partial charge in [0.15, 0.2) is 0 Å². The molecule has 2 heterocycles. The van der Waals surface area contributed by atoms with E-state index in [0.717, 1.165) is 23.4 Å². The molecule has 0 bridgehead atoms. The van der Waals surface area contributed by atoms with E-state index in [1.165, 1.54) is 0 Å². The van der Waals surface area contributed by atoms with Gasteiger partial charge in [0.05, 0.1) is 12.0 Å². The average molecular weight is 275 g/mol. The summed E-state index contributed by atoms with van der Waals surface area (Å²) in [5.74, 6) is 0. The Labute approximate surface area is 115 Å². The van der Waals surface area contributed by atoms with Crippen molar-refractivity contribution in [3.63, 3.8) is 0 Å². The van der Waals surface area contributed by atoms with Crippen molar-refractivity contribution in [3.05, 3.63) is 36.4 Å². The maximum absolute atomic E-state index is 4.33. The van der Waals surface area contributed by atoms with E-state index in [1.54, 1.807) is 6.33 Å². The molecule has 2 aromatic heterocycles. The van der Waals surface area contributed by atoms with Crippen LogP contribution in [0.1, 0.15) is 12.5 Å². The van der Waals surface area contributed by atoms with Gasteiger partial charge in [-0.3, -0.25) is 0 Å². The Morgan fingerprint density at radius 1 is 1.33 bits per heavy atom. The van der Waals surface area contributed by atoms with Gasteiger partial charge in [0.2, 0.25) is 0 Å². The molecular formula is C11H12N3Y-. The van der Waals surface area contributed by atoms with Crippen LogP contribution in [-0.4, -0.2) is 14.5 Å². The van der Waals surface area contributed by atoms with Gasteiger partial charge in [0.1, 0.15) is 0 Å². The first-order chi connectivity index (χ1) is 6.79. The quantitative estimate of drug-likeness (QED) is 0.783. The minimum Gasteiger partial charge on any atom is -0.381 e. The molecule has 0 saturated heterocycles. The zero-order valence-electron chi connectivity index (χ0n) is 8.94. The molecule has 0 fully saturated rings. The third-order valence-electron chi connectivity index (χ3n) is 2.10. The Kier molecular flexibility index (Phi) is 4.61. The van der Waals surface area contributed by atoms with Crippen LogP contribution in [0.4, 0.5) is 0 Å². The van der Waals surface area contributed by atoms with Crippen molar-refractivity contribution in [1.29, 1.82) is 0 Å². The maximum Gasteiger partial charge on any atom is 0.0938 e. The Morgan fingerprint density at radius 2 is 2.13 bits per heavy atom. The van der Waals surface area contributed by atoms with Crippen molar-refractivity contribution in [2.24, 2.45) is 7.05 Å². The Hall–Kier alpha value is -0.536. The molecule has 0 aliphatic heterocycles. The molecule has 0 spiro atoms. The number of hydrogen-bond acceptors (Lipinski definition) is 2. The van der Waals surface area contributed by atoms with Crippen LogP contribution in [0.15, 0.2) is 24.8 Å². The van der Waals surface area contributed by atoms with Crippen LogP contribution in [0, 0.1) is 6.07 Å². The van der Waals surface area contributed by atoms with Gasteiger partial charge in [-0.2, -0.15) is 6.07 Å². The second-order valence-electron chi connectivity index (χ2n) is 3.24. The number of pyridine rings is 1. The first-order valence-corrected chi connectivity index (χ1v) is 4.64. The number of hydrogen-bond donors (Lipinski definition) is 0. The van der Waals surface area contributed by atoms with Crippen LogP contribution in [0.3, 0.4) is 0 Å². The van der Waals surface area contributed by atoms with Crippen LogP contribution >= 0.6 is 0 Å². The van der Waals surface area contributed by atoms with Crippen LogP contribution in [0.2, 0.25) is 0 Å². The predicted octanol–water partition coefficient (Wildman–Crippen LogP) is 1.84. The van der Waals surface area contributed by atoms with Crippen molar-refractivity contribution in [2.75, 3.05) is 0 Å². The Bertz CT molecular complexity index is 420. The van der Waals surface area contributed by atoms with Gasteiger partial charge in [0.25, 0.3) is 0 Å². The van der Waals surface area contributed by atoms with Gasteiger partial charge in [0, 0.05) is 46.0 Å². The Morgan fingerprint density at radius 3 is 2.60 bits per heavy atom. The van der Waals surface area contributed by atoms with E-state index in [9.17, 15) is 0 Å². The van der Waals surface area contributed by atoms with Gasteiger partial charge in [-0.15, -0.1) is 11.6 Å². The van der Waals surface area contributed by atoms with E-state index in [0.29, 0.717) is 0 Å². The van der Waals surface area contributed by atoms with Gasteiger partial charge < -0.3 is 9.55 Å². The third kappa shape index (κ3) is 2.96. The molecule has 75 valence electrons. The zero-order valence-corrected chi connectivity index (χ0v) is 11.8. The van der Waals surface area contributed by atoms with E-state index in [4.69, 9.17) is 0 Å². The van der Waals surface area contributed by atoms with Crippen molar-refractivity contribution < 1.29 is 32.7 Å². The minimum atomic E-state index is 0. The van der Waals surface area contributed by atoms with E-state index < -0.39 is 0 Å². The third-order valence-corrected chi connectivity index (χ3v) is 2.10. The number of nitrogens with zero attached hydrogens (tertiary/aromatic N) is 3. The fourth-order valence-electron chi connectivity index (χ4n) is 1.26. The topological polar surface area (TPSA) is 30.7 Å². The van der Waals surface area contributed by atoms with Gasteiger partial charge in [-0.25, -0.2) is 4.98 Å². The number of aromatic nitrogens is 3.